The first-order chi connectivity index (χ1) is 12.3. The Morgan fingerprint density at radius 3 is 2.72 bits per heavy atom. The number of furan rings is 1. The first kappa shape index (κ1) is 15.9. The molecule has 4 heteroatoms. The molecular formula is C21H24N2O2. The predicted octanol–water partition coefficient (Wildman–Crippen LogP) is 5.04. The number of fused-ring (bicyclic) bond motifs is 1. The van der Waals surface area contributed by atoms with Crippen molar-refractivity contribution in [3.05, 3.63) is 54.3 Å². The van der Waals surface area contributed by atoms with E-state index in [4.69, 9.17) is 9.15 Å². The van der Waals surface area contributed by atoms with Gasteiger partial charge in [-0.3, -0.25) is 0 Å². The number of nitrogens with zero attached hydrogens (tertiary/aromatic N) is 1. The van der Waals surface area contributed by atoms with Gasteiger partial charge in [-0.1, -0.05) is 18.2 Å². The molecular weight excluding hydrogens is 312 g/mol. The molecule has 4 nitrogen and oxygen atoms in total. The zero-order valence-electron chi connectivity index (χ0n) is 14.6. The smallest absolute Gasteiger partial charge is 0.176 e. The second-order valence-electron chi connectivity index (χ2n) is 6.54. The van der Waals surface area contributed by atoms with Gasteiger partial charge in [0.25, 0.3) is 0 Å². The summed E-state index contributed by atoms with van der Waals surface area (Å²) in [5.41, 5.74) is 3.23. The molecule has 0 aliphatic carbocycles. The van der Waals surface area contributed by atoms with Crippen LogP contribution in [0.15, 0.2) is 52.9 Å². The number of hydrogen-bond acceptors (Lipinski definition) is 4. The fraction of sp³-hybridized carbons (Fsp3) is 0.333. The molecule has 25 heavy (non-hydrogen) atoms. The summed E-state index contributed by atoms with van der Waals surface area (Å²) in [4.78, 5) is 2.47. The Morgan fingerprint density at radius 1 is 1.04 bits per heavy atom. The minimum atomic E-state index is 0.654. The van der Waals surface area contributed by atoms with E-state index in [-0.39, 0.29) is 0 Å². The zero-order chi connectivity index (χ0) is 17.1. The lowest BCUT2D eigenvalue weighted by Gasteiger charge is -2.29. The number of ether oxygens (including phenoxy) is 1. The Balaban J connectivity index is 1.48. The van der Waals surface area contributed by atoms with Crippen molar-refractivity contribution in [1.82, 2.24) is 0 Å². The fourth-order valence-corrected chi connectivity index (χ4v) is 3.49. The fourth-order valence-electron chi connectivity index (χ4n) is 3.49. The maximum atomic E-state index is 5.96. The van der Waals surface area contributed by atoms with Gasteiger partial charge in [0.1, 0.15) is 5.76 Å². The van der Waals surface area contributed by atoms with Crippen LogP contribution in [-0.2, 0) is 6.54 Å². The van der Waals surface area contributed by atoms with Crippen molar-refractivity contribution in [3.63, 3.8) is 0 Å². The van der Waals surface area contributed by atoms with Crippen LogP contribution in [0.25, 0.3) is 11.0 Å². The summed E-state index contributed by atoms with van der Waals surface area (Å²) < 4.78 is 11.3. The van der Waals surface area contributed by atoms with Crippen molar-refractivity contribution in [2.24, 2.45) is 0 Å². The van der Waals surface area contributed by atoms with Gasteiger partial charge in [-0.25, -0.2) is 0 Å². The average Bonchev–Trinajstić information content (AvgIpc) is 3.10. The van der Waals surface area contributed by atoms with Gasteiger partial charge >= 0.3 is 0 Å². The third kappa shape index (κ3) is 3.43. The van der Waals surface area contributed by atoms with Gasteiger partial charge in [0.05, 0.1) is 13.7 Å². The molecule has 0 bridgehead atoms. The standard InChI is InChI=1S/C21H24N2O2/c1-24-20-10-5-7-16-13-19(25-21(16)20)15-22-17-8-6-9-18(14-17)23-11-3-2-4-12-23/h5-10,13-14,22H,2-4,11-12,15H2,1H3. The summed E-state index contributed by atoms with van der Waals surface area (Å²) in [6.45, 7) is 2.97. The van der Waals surface area contributed by atoms with E-state index in [9.17, 15) is 0 Å². The van der Waals surface area contributed by atoms with Crippen molar-refractivity contribution in [1.29, 1.82) is 0 Å². The maximum absolute atomic E-state index is 5.96. The molecule has 2 aromatic carbocycles. The number of rotatable bonds is 5. The van der Waals surface area contributed by atoms with Crippen LogP contribution in [0.3, 0.4) is 0 Å². The van der Waals surface area contributed by atoms with E-state index in [1.165, 1.54) is 24.9 Å². The molecule has 0 amide bonds. The van der Waals surface area contributed by atoms with Crippen LogP contribution in [-0.4, -0.2) is 20.2 Å². The van der Waals surface area contributed by atoms with Gasteiger partial charge in [-0.15, -0.1) is 0 Å². The summed E-state index contributed by atoms with van der Waals surface area (Å²) in [6, 6.07) is 16.7. The van der Waals surface area contributed by atoms with Gasteiger partial charge in [0, 0.05) is 29.9 Å². The van der Waals surface area contributed by atoms with Crippen molar-refractivity contribution in [2.75, 3.05) is 30.4 Å². The minimum absolute atomic E-state index is 0.654. The summed E-state index contributed by atoms with van der Waals surface area (Å²) >= 11 is 0. The number of benzene rings is 2. The summed E-state index contributed by atoms with van der Waals surface area (Å²) in [5, 5.41) is 4.55. The predicted molar refractivity (Wildman–Crippen MR) is 103 cm³/mol. The lowest BCUT2D eigenvalue weighted by Crippen LogP contribution is -2.29. The van der Waals surface area contributed by atoms with Crippen LogP contribution < -0.4 is 15.0 Å². The molecule has 0 atom stereocenters. The van der Waals surface area contributed by atoms with Crippen molar-refractivity contribution >= 4 is 22.3 Å². The Hall–Kier alpha value is -2.62. The molecule has 2 heterocycles. The normalized spacial score (nSPS) is 14.7. The summed E-state index contributed by atoms with van der Waals surface area (Å²) in [6.07, 6.45) is 3.93. The second kappa shape index (κ2) is 7.09. The van der Waals surface area contributed by atoms with Crippen LogP contribution in [0.5, 0.6) is 5.75 Å². The average molecular weight is 336 g/mol. The van der Waals surface area contributed by atoms with E-state index in [1.54, 1.807) is 7.11 Å². The van der Waals surface area contributed by atoms with Crippen LogP contribution in [0, 0.1) is 0 Å². The molecule has 1 aromatic heterocycles. The topological polar surface area (TPSA) is 37.6 Å². The molecule has 0 radical (unpaired) electrons. The molecule has 1 saturated heterocycles. The first-order valence-corrected chi connectivity index (χ1v) is 8.98. The Bertz CT molecular complexity index is 850. The third-order valence-electron chi connectivity index (χ3n) is 4.81. The van der Waals surface area contributed by atoms with Crippen molar-refractivity contribution < 1.29 is 9.15 Å². The monoisotopic (exact) mass is 336 g/mol. The van der Waals surface area contributed by atoms with E-state index in [0.717, 1.165) is 41.3 Å². The number of nitrogens with one attached hydrogen (secondary N) is 1. The van der Waals surface area contributed by atoms with E-state index >= 15 is 0 Å². The largest absolute Gasteiger partial charge is 0.493 e. The Labute approximate surface area is 148 Å². The highest BCUT2D eigenvalue weighted by molar-refractivity contribution is 5.83. The molecule has 4 rings (SSSR count). The highest BCUT2D eigenvalue weighted by atomic mass is 16.5. The molecule has 0 spiro atoms. The van der Waals surface area contributed by atoms with E-state index in [0.29, 0.717) is 6.54 Å². The highest BCUT2D eigenvalue weighted by Crippen LogP contribution is 2.29. The van der Waals surface area contributed by atoms with Crippen molar-refractivity contribution in [3.8, 4) is 5.75 Å². The highest BCUT2D eigenvalue weighted by Gasteiger charge is 2.12. The molecule has 0 saturated carbocycles. The number of para-hydroxylation sites is 1. The lowest BCUT2D eigenvalue weighted by atomic mass is 10.1. The molecule has 1 fully saturated rings. The van der Waals surface area contributed by atoms with E-state index in [2.05, 4.69) is 40.5 Å². The maximum Gasteiger partial charge on any atom is 0.176 e. The van der Waals surface area contributed by atoms with Crippen LogP contribution in [0.1, 0.15) is 25.0 Å². The number of hydrogen-bond donors (Lipinski definition) is 1. The minimum Gasteiger partial charge on any atom is -0.493 e. The van der Waals surface area contributed by atoms with E-state index in [1.807, 2.05) is 18.2 Å². The second-order valence-corrected chi connectivity index (χ2v) is 6.54. The van der Waals surface area contributed by atoms with Gasteiger partial charge in [-0.05, 0) is 49.6 Å². The summed E-state index contributed by atoms with van der Waals surface area (Å²) in [7, 11) is 1.67. The Morgan fingerprint density at radius 2 is 1.88 bits per heavy atom. The van der Waals surface area contributed by atoms with Crippen LogP contribution in [0.4, 0.5) is 11.4 Å². The molecule has 1 N–H and O–H groups in total. The number of methoxy groups -OCH3 is 1. The van der Waals surface area contributed by atoms with Crippen LogP contribution in [0.2, 0.25) is 0 Å². The van der Waals surface area contributed by atoms with Gasteiger partial charge in [0.15, 0.2) is 11.3 Å². The molecule has 3 aromatic rings. The number of piperidine rings is 1. The van der Waals surface area contributed by atoms with Gasteiger partial charge in [0.2, 0.25) is 0 Å². The SMILES string of the molecule is COc1cccc2cc(CNc3cccc(N4CCCCC4)c3)oc12. The lowest BCUT2D eigenvalue weighted by molar-refractivity contribution is 0.408. The third-order valence-corrected chi connectivity index (χ3v) is 4.81. The zero-order valence-corrected chi connectivity index (χ0v) is 14.6. The quantitative estimate of drug-likeness (QED) is 0.708. The van der Waals surface area contributed by atoms with Crippen LogP contribution >= 0.6 is 0 Å². The van der Waals surface area contributed by atoms with E-state index < -0.39 is 0 Å². The molecule has 130 valence electrons. The Kier molecular flexibility index (Phi) is 4.51. The number of anilines is 2. The molecule has 1 aliphatic heterocycles. The van der Waals surface area contributed by atoms with Gasteiger partial charge in [-0.2, -0.15) is 0 Å². The first-order valence-electron chi connectivity index (χ1n) is 8.98. The summed E-state index contributed by atoms with van der Waals surface area (Å²) in [5.74, 6) is 1.68. The van der Waals surface area contributed by atoms with Gasteiger partial charge < -0.3 is 19.4 Å². The van der Waals surface area contributed by atoms with Crippen molar-refractivity contribution in [2.45, 2.75) is 25.8 Å². The molecule has 0 unspecified atom stereocenters. The molecule has 1 aliphatic rings.